The minimum absolute atomic E-state index is 0.231. The van der Waals surface area contributed by atoms with Crippen molar-refractivity contribution in [3.8, 4) is 0 Å². The van der Waals surface area contributed by atoms with E-state index in [0.717, 1.165) is 23.5 Å². The van der Waals surface area contributed by atoms with Crippen LogP contribution in [0.2, 0.25) is 0 Å². The molecule has 0 bridgehead atoms. The van der Waals surface area contributed by atoms with Crippen LogP contribution in [-0.2, 0) is 6.42 Å². The number of hydrogen-bond donors (Lipinski definition) is 0. The van der Waals surface area contributed by atoms with Crippen LogP contribution in [0.25, 0.3) is 10.1 Å². The predicted molar refractivity (Wildman–Crippen MR) is 56.5 cm³/mol. The maximum absolute atomic E-state index is 13.5. The number of aryl methyl sites for hydroxylation is 1. The van der Waals surface area contributed by atoms with Gasteiger partial charge in [0, 0.05) is 5.39 Å². The zero-order valence-electron chi connectivity index (χ0n) is 8.01. The Labute approximate surface area is 89.3 Å². The van der Waals surface area contributed by atoms with Crippen molar-refractivity contribution in [2.45, 2.75) is 13.3 Å². The summed E-state index contributed by atoms with van der Waals surface area (Å²) in [6.45, 7) is 1.82. The van der Waals surface area contributed by atoms with Gasteiger partial charge in [0.25, 0.3) is 0 Å². The van der Waals surface area contributed by atoms with Gasteiger partial charge in [-0.1, -0.05) is 6.92 Å². The second-order valence-corrected chi connectivity index (χ2v) is 4.20. The lowest BCUT2D eigenvalue weighted by atomic mass is 10.1. The first kappa shape index (κ1) is 10.2. The van der Waals surface area contributed by atoms with Crippen LogP contribution in [0.1, 0.15) is 22.2 Å². The SMILES string of the molecule is CCc1c(C=O)sc2c(F)ccc(F)c12. The van der Waals surface area contributed by atoms with Crippen LogP contribution in [0.15, 0.2) is 12.1 Å². The van der Waals surface area contributed by atoms with Crippen LogP contribution in [0, 0.1) is 11.6 Å². The fraction of sp³-hybridized carbons (Fsp3) is 0.182. The van der Waals surface area contributed by atoms with Gasteiger partial charge in [0.2, 0.25) is 0 Å². The molecule has 0 saturated heterocycles. The fourth-order valence-corrected chi connectivity index (χ4v) is 2.78. The highest BCUT2D eigenvalue weighted by atomic mass is 32.1. The van der Waals surface area contributed by atoms with Crippen molar-refractivity contribution in [3.05, 3.63) is 34.2 Å². The van der Waals surface area contributed by atoms with E-state index in [-0.39, 0.29) is 10.1 Å². The highest BCUT2D eigenvalue weighted by Gasteiger charge is 2.16. The van der Waals surface area contributed by atoms with Crippen LogP contribution in [0.3, 0.4) is 0 Å². The predicted octanol–water partition coefficient (Wildman–Crippen LogP) is 3.55. The van der Waals surface area contributed by atoms with Crippen molar-refractivity contribution in [2.24, 2.45) is 0 Å². The van der Waals surface area contributed by atoms with Crippen LogP contribution < -0.4 is 0 Å². The third-order valence-corrected chi connectivity index (χ3v) is 3.50. The summed E-state index contributed by atoms with van der Waals surface area (Å²) in [5, 5.41) is 0.254. The summed E-state index contributed by atoms with van der Waals surface area (Å²) in [5.74, 6) is -0.938. The number of carbonyl (C=O) groups is 1. The Morgan fingerprint density at radius 2 is 2.00 bits per heavy atom. The molecule has 1 nitrogen and oxygen atoms in total. The summed E-state index contributed by atoms with van der Waals surface area (Å²) in [5.41, 5.74) is 0.599. The van der Waals surface area contributed by atoms with Crippen LogP contribution in [-0.4, -0.2) is 6.29 Å². The molecule has 78 valence electrons. The monoisotopic (exact) mass is 226 g/mol. The number of carbonyl (C=O) groups excluding carboxylic acids is 1. The highest BCUT2D eigenvalue weighted by Crippen LogP contribution is 2.34. The lowest BCUT2D eigenvalue weighted by molar-refractivity contribution is 0.112. The second-order valence-electron chi connectivity index (χ2n) is 3.15. The highest BCUT2D eigenvalue weighted by molar-refractivity contribution is 7.20. The molecule has 0 radical (unpaired) electrons. The standard InChI is InChI=1S/C11H8F2OS/c1-2-6-9(5-14)15-11-8(13)4-3-7(12)10(6)11/h3-5H,2H2,1H3. The van der Waals surface area contributed by atoms with E-state index >= 15 is 0 Å². The fourth-order valence-electron chi connectivity index (χ4n) is 1.66. The Kier molecular flexibility index (Phi) is 2.52. The number of fused-ring (bicyclic) bond motifs is 1. The van der Waals surface area contributed by atoms with Gasteiger partial charge in [0.1, 0.15) is 11.6 Å². The normalized spacial score (nSPS) is 10.9. The Bertz CT molecular complexity index is 531. The molecular formula is C11H8F2OS. The average molecular weight is 226 g/mol. The van der Waals surface area contributed by atoms with Crippen molar-refractivity contribution in [2.75, 3.05) is 0 Å². The molecule has 0 aliphatic rings. The lowest BCUT2D eigenvalue weighted by Gasteiger charge is -1.97. The zero-order valence-corrected chi connectivity index (χ0v) is 8.83. The van der Waals surface area contributed by atoms with Crippen LogP contribution in [0.5, 0.6) is 0 Å². The van der Waals surface area contributed by atoms with E-state index in [1.807, 2.05) is 6.92 Å². The summed E-state index contributed by atoms with van der Waals surface area (Å²) >= 11 is 1.01. The molecule has 0 amide bonds. The Morgan fingerprint density at radius 3 is 2.60 bits per heavy atom. The third-order valence-electron chi connectivity index (χ3n) is 2.33. The number of rotatable bonds is 2. The maximum atomic E-state index is 13.5. The average Bonchev–Trinajstić information content (AvgIpc) is 2.63. The lowest BCUT2D eigenvalue weighted by Crippen LogP contribution is -1.87. The number of benzene rings is 1. The minimum Gasteiger partial charge on any atom is -0.297 e. The van der Waals surface area contributed by atoms with E-state index in [1.54, 1.807) is 0 Å². The number of aldehydes is 1. The summed E-state index contributed by atoms with van der Waals surface area (Å²) in [6.07, 6.45) is 1.18. The van der Waals surface area contributed by atoms with E-state index in [4.69, 9.17) is 0 Å². The quantitative estimate of drug-likeness (QED) is 0.715. The molecule has 1 aromatic heterocycles. The topological polar surface area (TPSA) is 17.1 Å². The van der Waals surface area contributed by atoms with Gasteiger partial charge < -0.3 is 0 Å². The molecule has 4 heteroatoms. The first-order valence-electron chi connectivity index (χ1n) is 4.53. The van der Waals surface area contributed by atoms with Crippen molar-refractivity contribution < 1.29 is 13.6 Å². The molecule has 0 atom stereocenters. The number of hydrogen-bond acceptors (Lipinski definition) is 2. The van der Waals surface area contributed by atoms with Gasteiger partial charge in [0.05, 0.1) is 9.58 Å². The summed E-state index contributed by atoms with van der Waals surface area (Å²) in [7, 11) is 0. The molecule has 0 N–H and O–H groups in total. The van der Waals surface area contributed by atoms with Gasteiger partial charge in [-0.3, -0.25) is 4.79 Å². The zero-order chi connectivity index (χ0) is 11.0. The molecule has 0 aliphatic carbocycles. The van der Waals surface area contributed by atoms with Crippen molar-refractivity contribution in [1.82, 2.24) is 0 Å². The molecule has 2 aromatic rings. The smallest absolute Gasteiger partial charge is 0.160 e. The van der Waals surface area contributed by atoms with Gasteiger partial charge >= 0.3 is 0 Å². The molecule has 0 aliphatic heterocycles. The van der Waals surface area contributed by atoms with E-state index in [9.17, 15) is 13.6 Å². The molecule has 1 heterocycles. The van der Waals surface area contributed by atoms with Gasteiger partial charge in [-0.25, -0.2) is 8.78 Å². The molecular weight excluding hydrogens is 218 g/mol. The van der Waals surface area contributed by atoms with Gasteiger partial charge in [-0.05, 0) is 24.1 Å². The molecule has 0 fully saturated rings. The van der Waals surface area contributed by atoms with E-state index in [0.29, 0.717) is 23.1 Å². The Morgan fingerprint density at radius 1 is 1.33 bits per heavy atom. The van der Waals surface area contributed by atoms with Gasteiger partial charge in [0.15, 0.2) is 6.29 Å². The van der Waals surface area contributed by atoms with Gasteiger partial charge in [-0.15, -0.1) is 11.3 Å². The van der Waals surface area contributed by atoms with Crippen LogP contribution >= 0.6 is 11.3 Å². The van der Waals surface area contributed by atoms with Crippen molar-refractivity contribution >= 4 is 27.7 Å². The maximum Gasteiger partial charge on any atom is 0.160 e. The largest absolute Gasteiger partial charge is 0.297 e. The first-order valence-corrected chi connectivity index (χ1v) is 5.35. The van der Waals surface area contributed by atoms with Crippen molar-refractivity contribution in [1.29, 1.82) is 0 Å². The third kappa shape index (κ3) is 1.45. The summed E-state index contributed by atoms with van der Waals surface area (Å²) < 4.78 is 27.1. The molecule has 0 spiro atoms. The van der Waals surface area contributed by atoms with Crippen molar-refractivity contribution in [3.63, 3.8) is 0 Å². The molecule has 0 unspecified atom stereocenters. The number of halogens is 2. The van der Waals surface area contributed by atoms with Gasteiger partial charge in [-0.2, -0.15) is 0 Å². The second kappa shape index (κ2) is 3.70. The molecule has 0 saturated carbocycles. The Balaban J connectivity index is 2.93. The van der Waals surface area contributed by atoms with E-state index in [2.05, 4.69) is 0 Å². The molecule has 2 rings (SSSR count). The van der Waals surface area contributed by atoms with E-state index < -0.39 is 11.6 Å². The first-order chi connectivity index (χ1) is 7.19. The summed E-state index contributed by atoms with van der Waals surface area (Å²) in [4.78, 5) is 11.2. The molecule has 1 aromatic carbocycles. The van der Waals surface area contributed by atoms with E-state index in [1.165, 1.54) is 0 Å². The number of thiophene rings is 1. The molecule has 15 heavy (non-hydrogen) atoms. The Hall–Kier alpha value is -1.29. The summed E-state index contributed by atoms with van der Waals surface area (Å²) in [6, 6.07) is 2.18. The minimum atomic E-state index is -0.473. The van der Waals surface area contributed by atoms with Crippen LogP contribution in [0.4, 0.5) is 8.78 Å².